The number of ether oxygens (including phenoxy) is 1. The number of aliphatic hydroxyl groups is 1. The third kappa shape index (κ3) is 6.59. The summed E-state index contributed by atoms with van der Waals surface area (Å²) in [6.07, 6.45) is 3.37. The minimum Gasteiger partial charge on any atom is -0.466 e. The third-order valence-electron chi connectivity index (χ3n) is 4.70. The number of hydrogen-bond donors (Lipinski definition) is 1. The Balaban J connectivity index is 0.000000590. The van der Waals surface area contributed by atoms with Gasteiger partial charge in [-0.2, -0.15) is 0 Å². The molecule has 0 saturated heterocycles. The van der Waals surface area contributed by atoms with E-state index in [9.17, 15) is 19.5 Å². The van der Waals surface area contributed by atoms with E-state index in [0.717, 1.165) is 5.57 Å². The lowest BCUT2D eigenvalue weighted by atomic mass is 9.72. The molecule has 0 spiro atoms. The molecular formula is C20H31NO5. The number of ketones is 1. The van der Waals surface area contributed by atoms with Crippen molar-refractivity contribution in [2.45, 2.75) is 46.1 Å². The summed E-state index contributed by atoms with van der Waals surface area (Å²) in [6.45, 7) is 10.6. The molecule has 0 saturated carbocycles. The normalized spacial score (nSPS) is 23.0. The third-order valence-corrected chi connectivity index (χ3v) is 4.70. The van der Waals surface area contributed by atoms with Crippen molar-refractivity contribution in [3.63, 3.8) is 0 Å². The first-order chi connectivity index (χ1) is 11.9. The fourth-order valence-electron chi connectivity index (χ4n) is 2.33. The van der Waals surface area contributed by atoms with E-state index in [2.05, 4.69) is 11.3 Å². The van der Waals surface area contributed by atoms with E-state index >= 15 is 0 Å². The summed E-state index contributed by atoms with van der Waals surface area (Å²) in [7, 11) is 4.66. The molecule has 0 aromatic carbocycles. The van der Waals surface area contributed by atoms with Crippen LogP contribution in [0.15, 0.2) is 35.5 Å². The predicted molar refractivity (Wildman–Crippen MR) is 101 cm³/mol. The van der Waals surface area contributed by atoms with Crippen molar-refractivity contribution in [2.75, 3.05) is 21.2 Å². The first kappa shape index (κ1) is 23.8. The molecule has 0 heterocycles. The van der Waals surface area contributed by atoms with Crippen LogP contribution in [0.2, 0.25) is 0 Å². The summed E-state index contributed by atoms with van der Waals surface area (Å²) >= 11 is 0. The maximum atomic E-state index is 11.9. The van der Waals surface area contributed by atoms with Gasteiger partial charge in [0.15, 0.2) is 5.78 Å². The Morgan fingerprint density at radius 1 is 1.42 bits per heavy atom. The second-order valence-electron chi connectivity index (χ2n) is 6.86. The second kappa shape index (κ2) is 10.1. The minimum absolute atomic E-state index is 0.0169. The van der Waals surface area contributed by atoms with E-state index in [1.165, 1.54) is 18.1 Å². The standard InChI is InChI=1S/C13H21NO3.C7H10O2/c1-8-6-11(15)10(7-12(16)14(4)5)9(2)13(8,3)17;1-4-6(2)5-7(8)9-3/h8,17H,6-7H2,1-5H3;4-5H,1H2,2-3H3/b;6-5+/t8?,13-;/m0./s1. The van der Waals surface area contributed by atoms with Crippen LogP contribution in [0.25, 0.3) is 0 Å². The highest BCUT2D eigenvalue weighted by atomic mass is 16.5. The lowest BCUT2D eigenvalue weighted by Crippen LogP contribution is -2.41. The molecule has 0 aliphatic heterocycles. The SMILES string of the molecule is C=C/C(C)=C/C(=O)OC.CC1=C(CC(=O)N(C)C)C(=O)CC(C)[C@]1(C)O. The lowest BCUT2D eigenvalue weighted by molar-refractivity contribution is -0.135. The van der Waals surface area contributed by atoms with E-state index in [1.807, 2.05) is 6.92 Å². The number of nitrogens with zero attached hydrogens (tertiary/aromatic N) is 1. The number of methoxy groups -OCH3 is 1. The number of amides is 1. The number of allylic oxidation sites excluding steroid dienone is 2. The predicted octanol–water partition coefficient (Wildman–Crippen LogP) is 2.43. The van der Waals surface area contributed by atoms with E-state index in [4.69, 9.17) is 0 Å². The second-order valence-corrected chi connectivity index (χ2v) is 6.86. The Morgan fingerprint density at radius 3 is 2.38 bits per heavy atom. The first-order valence-electron chi connectivity index (χ1n) is 8.43. The first-order valence-corrected chi connectivity index (χ1v) is 8.43. The van der Waals surface area contributed by atoms with Crippen molar-refractivity contribution in [1.82, 2.24) is 4.90 Å². The average molecular weight is 365 g/mol. The van der Waals surface area contributed by atoms with Gasteiger partial charge in [-0.3, -0.25) is 9.59 Å². The molecule has 1 amide bonds. The zero-order valence-electron chi connectivity index (χ0n) is 16.9. The van der Waals surface area contributed by atoms with Gasteiger partial charge in [0, 0.05) is 32.2 Å². The fourth-order valence-corrected chi connectivity index (χ4v) is 2.33. The van der Waals surface area contributed by atoms with E-state index in [0.29, 0.717) is 17.6 Å². The smallest absolute Gasteiger partial charge is 0.330 e. The van der Waals surface area contributed by atoms with E-state index < -0.39 is 5.60 Å². The highest BCUT2D eigenvalue weighted by Crippen LogP contribution is 2.37. The number of hydrogen-bond acceptors (Lipinski definition) is 5. The molecule has 1 rings (SSSR count). The summed E-state index contributed by atoms with van der Waals surface area (Å²) in [5.74, 6) is -0.574. The van der Waals surface area contributed by atoms with Gasteiger partial charge in [-0.15, -0.1) is 0 Å². The molecule has 0 aromatic heterocycles. The summed E-state index contributed by atoms with van der Waals surface area (Å²) < 4.78 is 4.36. The zero-order chi connectivity index (χ0) is 20.7. The molecule has 1 aliphatic carbocycles. The largest absolute Gasteiger partial charge is 0.466 e. The summed E-state index contributed by atoms with van der Waals surface area (Å²) in [5, 5.41) is 10.3. The molecule has 0 aromatic rings. The monoisotopic (exact) mass is 365 g/mol. The van der Waals surface area contributed by atoms with Crippen LogP contribution in [-0.2, 0) is 19.1 Å². The maximum absolute atomic E-state index is 11.9. The van der Waals surface area contributed by atoms with Gasteiger partial charge in [0.05, 0.1) is 19.1 Å². The Bertz CT molecular complexity index is 626. The molecule has 0 bridgehead atoms. The molecule has 146 valence electrons. The molecule has 6 nitrogen and oxygen atoms in total. The van der Waals surface area contributed by atoms with E-state index in [1.54, 1.807) is 40.9 Å². The van der Waals surface area contributed by atoms with Gasteiger partial charge < -0.3 is 14.7 Å². The van der Waals surface area contributed by atoms with Gasteiger partial charge in [-0.1, -0.05) is 19.6 Å². The molecule has 26 heavy (non-hydrogen) atoms. The van der Waals surface area contributed by atoms with Crippen molar-refractivity contribution in [3.05, 3.63) is 35.5 Å². The molecule has 1 N–H and O–H groups in total. The van der Waals surface area contributed by atoms with Gasteiger partial charge in [0.1, 0.15) is 0 Å². The van der Waals surface area contributed by atoms with Crippen LogP contribution in [0.4, 0.5) is 0 Å². The van der Waals surface area contributed by atoms with Gasteiger partial charge in [0.25, 0.3) is 0 Å². The molecule has 1 unspecified atom stereocenters. The number of esters is 1. The van der Waals surface area contributed by atoms with Crippen molar-refractivity contribution in [2.24, 2.45) is 5.92 Å². The fraction of sp³-hybridized carbons (Fsp3) is 0.550. The average Bonchev–Trinajstić information content (AvgIpc) is 2.57. The highest BCUT2D eigenvalue weighted by Gasteiger charge is 2.39. The Labute approximate surface area is 156 Å². The molecule has 2 atom stereocenters. The van der Waals surface area contributed by atoms with Crippen molar-refractivity contribution in [3.8, 4) is 0 Å². The Kier molecular flexibility index (Phi) is 9.21. The van der Waals surface area contributed by atoms with Crippen LogP contribution in [0.3, 0.4) is 0 Å². The van der Waals surface area contributed by atoms with Crippen LogP contribution in [-0.4, -0.2) is 54.5 Å². The van der Waals surface area contributed by atoms with Gasteiger partial charge in [0.2, 0.25) is 5.91 Å². The Hall–Kier alpha value is -2.21. The number of carbonyl (C=O) groups excluding carboxylic acids is 3. The van der Waals surface area contributed by atoms with Gasteiger partial charge in [-0.05, 0) is 37.8 Å². The van der Waals surface area contributed by atoms with E-state index in [-0.39, 0.29) is 30.0 Å². The molecule has 1 aliphatic rings. The quantitative estimate of drug-likeness (QED) is 0.470. The van der Waals surface area contributed by atoms with Crippen LogP contribution < -0.4 is 0 Å². The Morgan fingerprint density at radius 2 is 1.96 bits per heavy atom. The number of Topliss-reactive ketones (excluding diaryl/α,β-unsaturated/α-hetero) is 1. The van der Waals surface area contributed by atoms with Crippen LogP contribution in [0.5, 0.6) is 0 Å². The minimum atomic E-state index is -0.990. The van der Waals surface area contributed by atoms with Crippen LogP contribution in [0, 0.1) is 5.92 Å². The highest BCUT2D eigenvalue weighted by molar-refractivity contribution is 6.02. The van der Waals surface area contributed by atoms with Crippen molar-refractivity contribution in [1.29, 1.82) is 0 Å². The summed E-state index contributed by atoms with van der Waals surface area (Å²) in [4.78, 5) is 35.5. The summed E-state index contributed by atoms with van der Waals surface area (Å²) in [6, 6.07) is 0. The van der Waals surface area contributed by atoms with Crippen molar-refractivity contribution >= 4 is 17.7 Å². The van der Waals surface area contributed by atoms with Crippen LogP contribution >= 0.6 is 0 Å². The lowest BCUT2D eigenvalue weighted by Gasteiger charge is -2.37. The summed E-state index contributed by atoms with van der Waals surface area (Å²) in [5.41, 5.74) is 0.931. The van der Waals surface area contributed by atoms with Gasteiger partial charge in [-0.25, -0.2) is 4.79 Å². The molecule has 0 fully saturated rings. The molecule has 6 heteroatoms. The number of rotatable bonds is 4. The maximum Gasteiger partial charge on any atom is 0.330 e. The zero-order valence-corrected chi connectivity index (χ0v) is 16.9. The molecule has 0 radical (unpaired) electrons. The van der Waals surface area contributed by atoms with Crippen LogP contribution in [0.1, 0.15) is 40.5 Å². The molecular weight excluding hydrogens is 334 g/mol. The van der Waals surface area contributed by atoms with Gasteiger partial charge >= 0.3 is 5.97 Å². The number of carbonyl (C=O) groups is 3. The topological polar surface area (TPSA) is 83.9 Å². The van der Waals surface area contributed by atoms with Crippen molar-refractivity contribution < 1.29 is 24.2 Å².